The van der Waals surface area contributed by atoms with Crippen LogP contribution in [0.2, 0.25) is 0 Å². The Balaban J connectivity index is 3.07. The molecule has 0 radical (unpaired) electrons. The van der Waals surface area contributed by atoms with Gasteiger partial charge in [-0.25, -0.2) is 14.4 Å². The highest BCUT2D eigenvalue weighted by molar-refractivity contribution is 5.23. The number of hydrogen-bond donors (Lipinski definition) is 0. The maximum Gasteiger partial charge on any atom is 0.183 e. The van der Waals surface area contributed by atoms with Crippen LogP contribution in [0.1, 0.15) is 11.4 Å². The van der Waals surface area contributed by atoms with Crippen molar-refractivity contribution in [1.82, 2.24) is 9.97 Å². The second-order valence-corrected chi connectivity index (χ2v) is 2.03. The number of ether oxygens (including phenoxy) is 1. The molecule has 0 aliphatic carbocycles. The van der Waals surface area contributed by atoms with Gasteiger partial charge in [-0.1, -0.05) is 0 Å². The maximum absolute atomic E-state index is 13.0. The fourth-order valence-corrected chi connectivity index (χ4v) is 0.722. The minimum absolute atomic E-state index is 0.0447. The Bertz CT molecular complexity index is 321. The van der Waals surface area contributed by atoms with E-state index < -0.39 is 5.82 Å². The molecule has 0 bridgehead atoms. The summed E-state index contributed by atoms with van der Waals surface area (Å²) in [5.41, 5.74) is -0.152. The lowest BCUT2D eigenvalue weighted by atomic mass is 10.3. The zero-order valence-corrected chi connectivity index (χ0v) is 6.41. The van der Waals surface area contributed by atoms with E-state index in [0.717, 1.165) is 6.33 Å². The summed E-state index contributed by atoms with van der Waals surface area (Å²) in [5.74, 6) is -0.707. The first-order valence-electron chi connectivity index (χ1n) is 3.18. The molecule has 0 fully saturated rings. The van der Waals surface area contributed by atoms with Crippen molar-refractivity contribution in [3.05, 3.63) is 23.5 Å². The van der Waals surface area contributed by atoms with Gasteiger partial charge in [-0.05, 0) is 0 Å². The summed E-state index contributed by atoms with van der Waals surface area (Å²) in [5, 5.41) is 8.39. The molecule has 0 aliphatic heterocycles. The van der Waals surface area contributed by atoms with Crippen molar-refractivity contribution in [3.8, 4) is 6.07 Å². The smallest absolute Gasteiger partial charge is 0.183 e. The van der Waals surface area contributed by atoms with E-state index in [1.807, 2.05) is 0 Å². The zero-order chi connectivity index (χ0) is 8.97. The van der Waals surface area contributed by atoms with Gasteiger partial charge in [0.2, 0.25) is 0 Å². The molecule has 1 heterocycles. The molecule has 0 spiro atoms. The normalized spacial score (nSPS) is 9.42. The van der Waals surface area contributed by atoms with Crippen molar-refractivity contribution in [3.63, 3.8) is 0 Å². The largest absolute Gasteiger partial charge is 0.378 e. The molecule has 0 aliphatic rings. The summed E-state index contributed by atoms with van der Waals surface area (Å²) in [6.07, 6.45) is 1.13. The van der Waals surface area contributed by atoms with Gasteiger partial charge < -0.3 is 4.74 Å². The first kappa shape index (κ1) is 8.56. The number of nitriles is 1. The lowest BCUT2D eigenvalue weighted by Gasteiger charge is -1.99. The van der Waals surface area contributed by atoms with Crippen LogP contribution in [0.15, 0.2) is 6.33 Å². The number of nitrogens with zero attached hydrogens (tertiary/aromatic N) is 3. The summed E-state index contributed by atoms with van der Waals surface area (Å²) in [4.78, 5) is 7.05. The van der Waals surface area contributed by atoms with Crippen molar-refractivity contribution in [1.29, 1.82) is 5.26 Å². The van der Waals surface area contributed by atoms with Crippen LogP contribution in [-0.2, 0) is 11.3 Å². The first-order valence-corrected chi connectivity index (χ1v) is 3.18. The van der Waals surface area contributed by atoms with Gasteiger partial charge in [0.1, 0.15) is 18.1 Å². The molecule has 0 atom stereocenters. The van der Waals surface area contributed by atoms with Gasteiger partial charge in [0, 0.05) is 7.11 Å². The molecular formula is C7H6FN3O. The molecule has 0 saturated carbocycles. The lowest BCUT2D eigenvalue weighted by molar-refractivity contribution is 0.177. The van der Waals surface area contributed by atoms with Crippen molar-refractivity contribution in [2.24, 2.45) is 0 Å². The Morgan fingerprint density at radius 2 is 2.42 bits per heavy atom. The van der Waals surface area contributed by atoms with Crippen molar-refractivity contribution >= 4 is 0 Å². The standard InChI is InChI=1S/C7H6FN3O/c1-12-3-6-7(8)5(2-9)10-4-11-6/h4H,3H2,1H3. The predicted molar refractivity (Wildman–Crippen MR) is 37.4 cm³/mol. The predicted octanol–water partition coefficient (Wildman–Crippen LogP) is 0.634. The lowest BCUT2D eigenvalue weighted by Crippen LogP contribution is -2.01. The fourth-order valence-electron chi connectivity index (χ4n) is 0.722. The highest BCUT2D eigenvalue weighted by atomic mass is 19.1. The number of halogens is 1. The Hall–Kier alpha value is -1.54. The molecule has 12 heavy (non-hydrogen) atoms. The minimum Gasteiger partial charge on any atom is -0.378 e. The van der Waals surface area contributed by atoms with Crippen LogP contribution in [0.3, 0.4) is 0 Å². The SMILES string of the molecule is COCc1ncnc(C#N)c1F. The van der Waals surface area contributed by atoms with Crippen LogP contribution in [0.4, 0.5) is 4.39 Å². The van der Waals surface area contributed by atoms with Gasteiger partial charge in [-0.15, -0.1) is 0 Å². The molecular weight excluding hydrogens is 161 g/mol. The highest BCUT2D eigenvalue weighted by Gasteiger charge is 2.09. The number of aromatic nitrogens is 2. The minimum atomic E-state index is -0.707. The van der Waals surface area contributed by atoms with Crippen LogP contribution in [0.25, 0.3) is 0 Å². The van der Waals surface area contributed by atoms with E-state index in [1.54, 1.807) is 6.07 Å². The van der Waals surface area contributed by atoms with Crippen molar-refractivity contribution in [2.75, 3.05) is 7.11 Å². The van der Waals surface area contributed by atoms with E-state index in [1.165, 1.54) is 7.11 Å². The molecule has 1 rings (SSSR count). The zero-order valence-electron chi connectivity index (χ0n) is 6.41. The van der Waals surface area contributed by atoms with E-state index in [4.69, 9.17) is 5.26 Å². The molecule has 1 aromatic rings. The molecule has 0 unspecified atom stereocenters. The summed E-state index contributed by atoms with van der Waals surface area (Å²) in [6, 6.07) is 1.61. The third-order valence-corrected chi connectivity index (χ3v) is 1.25. The van der Waals surface area contributed by atoms with Crippen molar-refractivity contribution < 1.29 is 9.13 Å². The van der Waals surface area contributed by atoms with Crippen LogP contribution in [0.5, 0.6) is 0 Å². The number of hydrogen-bond acceptors (Lipinski definition) is 4. The maximum atomic E-state index is 13.0. The average molecular weight is 167 g/mol. The summed E-state index contributed by atoms with van der Waals surface area (Å²) in [7, 11) is 1.42. The Morgan fingerprint density at radius 3 is 3.00 bits per heavy atom. The Labute approximate surface area is 68.6 Å². The van der Waals surface area contributed by atoms with Crippen LogP contribution >= 0.6 is 0 Å². The topological polar surface area (TPSA) is 58.8 Å². The van der Waals surface area contributed by atoms with Gasteiger partial charge in [0.05, 0.1) is 6.61 Å². The molecule has 0 saturated heterocycles. The Morgan fingerprint density at radius 1 is 1.67 bits per heavy atom. The van der Waals surface area contributed by atoms with Crippen molar-refractivity contribution in [2.45, 2.75) is 6.61 Å². The molecule has 1 aromatic heterocycles. The van der Waals surface area contributed by atoms with E-state index in [2.05, 4.69) is 14.7 Å². The van der Waals surface area contributed by atoms with Gasteiger partial charge in [-0.2, -0.15) is 5.26 Å². The van der Waals surface area contributed by atoms with Gasteiger partial charge in [0.25, 0.3) is 0 Å². The van der Waals surface area contributed by atoms with E-state index in [0.29, 0.717) is 0 Å². The summed E-state index contributed by atoms with van der Waals surface area (Å²) < 4.78 is 17.7. The highest BCUT2D eigenvalue weighted by Crippen LogP contribution is 2.06. The summed E-state index contributed by atoms with van der Waals surface area (Å²) in [6.45, 7) is 0.0447. The van der Waals surface area contributed by atoms with Crippen LogP contribution in [0, 0.1) is 17.1 Å². The van der Waals surface area contributed by atoms with E-state index in [9.17, 15) is 4.39 Å². The quantitative estimate of drug-likeness (QED) is 0.648. The number of rotatable bonds is 2. The molecule has 0 N–H and O–H groups in total. The third kappa shape index (κ3) is 1.54. The van der Waals surface area contributed by atoms with Gasteiger partial charge in [-0.3, -0.25) is 0 Å². The molecule has 0 aromatic carbocycles. The molecule has 4 nitrogen and oxygen atoms in total. The van der Waals surface area contributed by atoms with E-state index >= 15 is 0 Å². The van der Waals surface area contributed by atoms with Crippen LogP contribution in [-0.4, -0.2) is 17.1 Å². The monoisotopic (exact) mass is 167 g/mol. The second-order valence-electron chi connectivity index (χ2n) is 2.03. The Kier molecular flexibility index (Phi) is 2.66. The third-order valence-electron chi connectivity index (χ3n) is 1.25. The first-order chi connectivity index (χ1) is 5.79. The van der Waals surface area contributed by atoms with Gasteiger partial charge in [0.15, 0.2) is 11.5 Å². The second kappa shape index (κ2) is 3.74. The van der Waals surface area contributed by atoms with E-state index in [-0.39, 0.29) is 18.0 Å². The average Bonchev–Trinajstić information content (AvgIpc) is 2.09. The van der Waals surface area contributed by atoms with Gasteiger partial charge >= 0.3 is 0 Å². The molecule has 62 valence electrons. The molecule has 0 amide bonds. The number of methoxy groups -OCH3 is 1. The van der Waals surface area contributed by atoms with Crippen LogP contribution < -0.4 is 0 Å². The summed E-state index contributed by atoms with van der Waals surface area (Å²) >= 11 is 0. The fraction of sp³-hybridized carbons (Fsp3) is 0.286. The molecule has 5 heteroatoms.